The first-order chi connectivity index (χ1) is 12.3. The van der Waals surface area contributed by atoms with Crippen LogP contribution in [0.1, 0.15) is 34.6 Å². The van der Waals surface area contributed by atoms with Crippen LogP contribution in [0.4, 0.5) is 19.0 Å². The van der Waals surface area contributed by atoms with Crippen molar-refractivity contribution in [1.82, 2.24) is 15.1 Å². The SMILES string of the molecule is N#CCNC(=O)c1nn2c(c1Br)N[C@@H](c1ccccc1)C[C@@H]2C(F)(F)F. The molecule has 1 amide bonds. The minimum absolute atomic E-state index is 0.0783. The van der Waals surface area contributed by atoms with Gasteiger partial charge in [0, 0.05) is 6.42 Å². The van der Waals surface area contributed by atoms with Gasteiger partial charge in [0.2, 0.25) is 0 Å². The molecule has 0 radical (unpaired) electrons. The largest absolute Gasteiger partial charge is 0.410 e. The number of nitriles is 1. The number of nitrogens with zero attached hydrogens (tertiary/aromatic N) is 3. The molecule has 2 heterocycles. The molecule has 0 unspecified atom stereocenters. The summed E-state index contributed by atoms with van der Waals surface area (Å²) in [4.78, 5) is 12.1. The van der Waals surface area contributed by atoms with Crippen LogP contribution in [0.5, 0.6) is 0 Å². The van der Waals surface area contributed by atoms with E-state index in [1.807, 2.05) is 0 Å². The lowest BCUT2D eigenvalue weighted by molar-refractivity contribution is -0.173. The topological polar surface area (TPSA) is 82.7 Å². The number of hydrogen-bond acceptors (Lipinski definition) is 4. The molecule has 0 bridgehead atoms. The third-order valence-corrected chi connectivity index (χ3v) is 4.79. The van der Waals surface area contributed by atoms with Crippen LogP contribution in [0, 0.1) is 11.3 Å². The van der Waals surface area contributed by atoms with Crippen LogP contribution in [0.3, 0.4) is 0 Å². The molecule has 2 aromatic rings. The summed E-state index contributed by atoms with van der Waals surface area (Å²) in [5, 5.41) is 17.7. The molecular weight excluding hydrogens is 415 g/mol. The smallest absolute Gasteiger partial charge is 0.362 e. The Morgan fingerprint density at radius 2 is 2.12 bits per heavy atom. The first-order valence-corrected chi connectivity index (χ1v) is 8.43. The zero-order valence-electron chi connectivity index (χ0n) is 13.2. The number of amides is 1. The van der Waals surface area contributed by atoms with E-state index in [0.29, 0.717) is 5.56 Å². The van der Waals surface area contributed by atoms with Crippen molar-refractivity contribution in [2.24, 2.45) is 0 Å². The standard InChI is InChI=1S/C16H13BrF3N5O/c17-12-13(15(26)22-7-6-21)24-25-11(16(18,19)20)8-10(23-14(12)25)9-4-2-1-3-5-9/h1-5,10-11,23H,7-8H2,(H,22,26)/t10-,11-/m1/s1. The number of hydrogen-bond donors (Lipinski definition) is 2. The number of nitrogens with one attached hydrogen (secondary N) is 2. The molecule has 2 atom stereocenters. The van der Waals surface area contributed by atoms with Gasteiger partial charge in [-0.05, 0) is 21.5 Å². The van der Waals surface area contributed by atoms with Crippen molar-refractivity contribution in [1.29, 1.82) is 5.26 Å². The highest BCUT2D eigenvalue weighted by molar-refractivity contribution is 9.10. The first-order valence-electron chi connectivity index (χ1n) is 7.64. The van der Waals surface area contributed by atoms with Gasteiger partial charge in [-0.25, -0.2) is 4.68 Å². The van der Waals surface area contributed by atoms with Crippen LogP contribution in [0.25, 0.3) is 0 Å². The number of anilines is 1. The summed E-state index contributed by atoms with van der Waals surface area (Å²) >= 11 is 3.17. The Morgan fingerprint density at radius 3 is 2.73 bits per heavy atom. The van der Waals surface area contributed by atoms with Crippen molar-refractivity contribution in [2.75, 3.05) is 11.9 Å². The molecule has 0 saturated heterocycles. The normalized spacial score (nSPS) is 19.2. The summed E-state index contributed by atoms with van der Waals surface area (Å²) in [6, 6.07) is 8.04. The minimum Gasteiger partial charge on any atom is -0.362 e. The molecule has 1 aliphatic rings. The molecule has 3 rings (SSSR count). The molecule has 1 aromatic heterocycles. The van der Waals surface area contributed by atoms with Gasteiger partial charge in [-0.1, -0.05) is 30.3 Å². The molecule has 10 heteroatoms. The lowest BCUT2D eigenvalue weighted by atomic mass is 9.97. The van der Waals surface area contributed by atoms with E-state index in [2.05, 4.69) is 31.7 Å². The van der Waals surface area contributed by atoms with E-state index in [9.17, 15) is 18.0 Å². The van der Waals surface area contributed by atoms with Crippen LogP contribution in [-0.2, 0) is 0 Å². The number of carbonyl (C=O) groups is 1. The Bertz CT molecular complexity index is 859. The third kappa shape index (κ3) is 3.39. The van der Waals surface area contributed by atoms with Crippen molar-refractivity contribution >= 4 is 27.7 Å². The maximum Gasteiger partial charge on any atom is 0.410 e. The molecule has 0 aliphatic carbocycles. The van der Waals surface area contributed by atoms with Gasteiger partial charge in [0.05, 0.1) is 16.6 Å². The number of halogens is 4. The molecular formula is C16H13BrF3N5O. The molecule has 136 valence electrons. The van der Waals surface area contributed by atoms with E-state index in [-0.39, 0.29) is 29.0 Å². The van der Waals surface area contributed by atoms with Gasteiger partial charge < -0.3 is 10.6 Å². The number of carbonyl (C=O) groups excluding carboxylic acids is 1. The number of fused-ring (bicyclic) bond motifs is 1. The number of rotatable bonds is 3. The van der Waals surface area contributed by atoms with Gasteiger partial charge in [-0.15, -0.1) is 0 Å². The highest BCUT2D eigenvalue weighted by Crippen LogP contribution is 2.46. The Balaban J connectivity index is 2.03. The van der Waals surface area contributed by atoms with E-state index >= 15 is 0 Å². The average molecular weight is 428 g/mol. The zero-order valence-corrected chi connectivity index (χ0v) is 14.8. The van der Waals surface area contributed by atoms with Crippen molar-refractivity contribution in [2.45, 2.75) is 24.7 Å². The van der Waals surface area contributed by atoms with Gasteiger partial charge in [0.25, 0.3) is 5.91 Å². The lowest BCUT2D eigenvalue weighted by Gasteiger charge is -2.33. The van der Waals surface area contributed by atoms with Gasteiger partial charge >= 0.3 is 6.18 Å². The van der Waals surface area contributed by atoms with E-state index in [1.54, 1.807) is 36.4 Å². The van der Waals surface area contributed by atoms with Crippen molar-refractivity contribution in [3.05, 3.63) is 46.1 Å². The maximum atomic E-state index is 13.6. The summed E-state index contributed by atoms with van der Waals surface area (Å²) < 4.78 is 41.7. The summed E-state index contributed by atoms with van der Waals surface area (Å²) in [5.74, 6) is -0.645. The summed E-state index contributed by atoms with van der Waals surface area (Å²) in [6.45, 7) is -0.268. The van der Waals surface area contributed by atoms with Crippen molar-refractivity contribution < 1.29 is 18.0 Å². The fourth-order valence-electron chi connectivity index (χ4n) is 2.84. The third-order valence-electron chi connectivity index (χ3n) is 4.04. The Hall–Kier alpha value is -2.54. The molecule has 26 heavy (non-hydrogen) atoms. The summed E-state index contributed by atoms with van der Waals surface area (Å²) in [5.41, 5.74) is 0.502. The Labute approximate surface area is 155 Å². The minimum atomic E-state index is -4.53. The second-order valence-corrected chi connectivity index (χ2v) is 6.49. The van der Waals surface area contributed by atoms with E-state index in [1.165, 1.54) is 0 Å². The van der Waals surface area contributed by atoms with E-state index < -0.39 is 24.2 Å². The fraction of sp³-hybridized carbons (Fsp3) is 0.312. The quantitative estimate of drug-likeness (QED) is 0.733. The molecule has 6 nitrogen and oxygen atoms in total. The van der Waals surface area contributed by atoms with Crippen LogP contribution < -0.4 is 10.6 Å². The first kappa shape index (κ1) is 18.3. The van der Waals surface area contributed by atoms with Crippen LogP contribution in [-0.4, -0.2) is 28.4 Å². The second-order valence-electron chi connectivity index (χ2n) is 5.70. The predicted octanol–water partition coefficient (Wildman–Crippen LogP) is 3.56. The molecule has 0 fully saturated rings. The molecule has 1 aliphatic heterocycles. The predicted molar refractivity (Wildman–Crippen MR) is 90.4 cm³/mol. The lowest BCUT2D eigenvalue weighted by Crippen LogP contribution is -2.36. The highest BCUT2D eigenvalue weighted by Gasteiger charge is 2.47. The van der Waals surface area contributed by atoms with Gasteiger partial charge in [0.1, 0.15) is 12.4 Å². The monoisotopic (exact) mass is 427 g/mol. The highest BCUT2D eigenvalue weighted by atomic mass is 79.9. The van der Waals surface area contributed by atoms with Crippen LogP contribution in [0.15, 0.2) is 34.8 Å². The van der Waals surface area contributed by atoms with Crippen LogP contribution in [0.2, 0.25) is 0 Å². The fourth-order valence-corrected chi connectivity index (χ4v) is 3.40. The van der Waals surface area contributed by atoms with Crippen molar-refractivity contribution in [3.8, 4) is 6.07 Å². The molecule has 0 saturated carbocycles. The van der Waals surface area contributed by atoms with Crippen molar-refractivity contribution in [3.63, 3.8) is 0 Å². The average Bonchev–Trinajstić information content (AvgIpc) is 2.95. The second kappa shape index (κ2) is 6.99. The van der Waals surface area contributed by atoms with Gasteiger partial charge in [-0.2, -0.15) is 23.5 Å². The van der Waals surface area contributed by atoms with Crippen LogP contribution >= 0.6 is 15.9 Å². The molecule has 1 aromatic carbocycles. The van der Waals surface area contributed by atoms with Gasteiger partial charge in [-0.3, -0.25) is 4.79 Å². The summed E-state index contributed by atoms with van der Waals surface area (Å²) in [7, 11) is 0. The zero-order chi connectivity index (χ0) is 18.9. The molecule has 0 spiro atoms. The van der Waals surface area contributed by atoms with Gasteiger partial charge in [0.15, 0.2) is 11.7 Å². The number of alkyl halides is 3. The Kier molecular flexibility index (Phi) is 4.91. The Morgan fingerprint density at radius 1 is 1.42 bits per heavy atom. The van der Waals surface area contributed by atoms with E-state index in [4.69, 9.17) is 5.26 Å². The number of benzene rings is 1. The number of aromatic nitrogens is 2. The van der Waals surface area contributed by atoms with E-state index in [0.717, 1.165) is 4.68 Å². The summed E-state index contributed by atoms with van der Waals surface area (Å²) in [6.07, 6.45) is -4.79. The maximum absolute atomic E-state index is 13.6. The molecule has 2 N–H and O–H groups in total.